The number of rotatable bonds is 1. The molecule has 1 aromatic carbocycles. The molecule has 2 aliphatic heterocycles. The molecule has 0 saturated heterocycles. The van der Waals surface area contributed by atoms with Crippen molar-refractivity contribution >= 4 is 28.3 Å². The van der Waals surface area contributed by atoms with Crippen LogP contribution < -0.4 is 15.8 Å². The molecular formula is C17H18N2O3. The number of nitrogens with one attached hydrogen (secondary N) is 1. The summed E-state index contributed by atoms with van der Waals surface area (Å²) < 4.78 is 5.57. The van der Waals surface area contributed by atoms with E-state index in [1.807, 2.05) is 0 Å². The molecule has 0 spiro atoms. The van der Waals surface area contributed by atoms with Crippen LogP contribution in [0.25, 0.3) is 11.0 Å². The summed E-state index contributed by atoms with van der Waals surface area (Å²) in [5.41, 5.74) is 4.19. The highest BCUT2D eigenvalue weighted by Gasteiger charge is 2.27. The van der Waals surface area contributed by atoms with Crippen LogP contribution in [0.3, 0.4) is 0 Å². The van der Waals surface area contributed by atoms with E-state index in [-0.39, 0.29) is 11.6 Å². The number of hydrogen-bond acceptors (Lipinski definition) is 4. The number of amides is 1. The summed E-state index contributed by atoms with van der Waals surface area (Å²) in [5.74, 6) is -0.267. The number of aryl methyl sites for hydroxylation is 2. The highest BCUT2D eigenvalue weighted by molar-refractivity contribution is 5.93. The lowest BCUT2D eigenvalue weighted by molar-refractivity contribution is -0.114. The van der Waals surface area contributed by atoms with Crippen LogP contribution in [0.4, 0.5) is 11.4 Å². The molecule has 2 aliphatic rings. The van der Waals surface area contributed by atoms with Gasteiger partial charge in [0.1, 0.15) is 11.3 Å². The zero-order chi connectivity index (χ0) is 15.3. The molecule has 1 N–H and O–H groups in total. The van der Waals surface area contributed by atoms with E-state index in [0.29, 0.717) is 5.58 Å². The van der Waals surface area contributed by atoms with Crippen molar-refractivity contribution in [3.8, 4) is 0 Å². The minimum atomic E-state index is -0.480. The average Bonchev–Trinajstić information content (AvgIpc) is 2.49. The summed E-state index contributed by atoms with van der Waals surface area (Å²) in [6, 6.07) is 3.85. The second kappa shape index (κ2) is 4.87. The van der Waals surface area contributed by atoms with Gasteiger partial charge in [-0.25, -0.2) is 4.79 Å². The fraction of sp³-hybridized carbons (Fsp3) is 0.412. The van der Waals surface area contributed by atoms with E-state index in [2.05, 4.69) is 16.3 Å². The molecule has 0 unspecified atom stereocenters. The van der Waals surface area contributed by atoms with Crippen molar-refractivity contribution in [3.63, 3.8) is 0 Å². The molecule has 0 aliphatic carbocycles. The monoisotopic (exact) mass is 298 g/mol. The Morgan fingerprint density at radius 3 is 2.77 bits per heavy atom. The first-order chi connectivity index (χ1) is 10.6. The van der Waals surface area contributed by atoms with Crippen molar-refractivity contribution in [2.24, 2.45) is 0 Å². The average molecular weight is 298 g/mol. The third kappa shape index (κ3) is 2.00. The molecule has 0 bridgehead atoms. The topological polar surface area (TPSA) is 62.6 Å². The van der Waals surface area contributed by atoms with E-state index >= 15 is 0 Å². The maximum atomic E-state index is 12.1. The molecule has 5 nitrogen and oxygen atoms in total. The van der Waals surface area contributed by atoms with Crippen LogP contribution >= 0.6 is 0 Å². The van der Waals surface area contributed by atoms with Gasteiger partial charge >= 0.3 is 5.63 Å². The van der Waals surface area contributed by atoms with Crippen molar-refractivity contribution in [2.45, 2.75) is 32.6 Å². The van der Waals surface area contributed by atoms with Crippen LogP contribution in [-0.2, 0) is 17.6 Å². The Kier molecular flexibility index (Phi) is 2.96. The number of carbonyl (C=O) groups excluding carboxylic acids is 1. The molecule has 4 rings (SSSR count). The number of nitrogens with zero attached hydrogens (tertiary/aromatic N) is 1. The summed E-state index contributed by atoms with van der Waals surface area (Å²) in [5, 5.41) is 3.45. The summed E-state index contributed by atoms with van der Waals surface area (Å²) >= 11 is 0. The van der Waals surface area contributed by atoms with Crippen molar-refractivity contribution in [2.75, 3.05) is 23.3 Å². The summed E-state index contributed by atoms with van der Waals surface area (Å²) in [4.78, 5) is 25.7. The largest absolute Gasteiger partial charge is 0.421 e. The Morgan fingerprint density at radius 1 is 1.23 bits per heavy atom. The first-order valence-electron chi connectivity index (χ1n) is 7.78. The van der Waals surface area contributed by atoms with Gasteiger partial charge in [0.05, 0.1) is 0 Å². The smallest absolute Gasteiger partial charge is 0.360 e. The van der Waals surface area contributed by atoms with Gasteiger partial charge in [-0.2, -0.15) is 0 Å². The van der Waals surface area contributed by atoms with Gasteiger partial charge in [0.15, 0.2) is 0 Å². The third-order valence-electron chi connectivity index (χ3n) is 4.53. The molecule has 0 fully saturated rings. The van der Waals surface area contributed by atoms with E-state index < -0.39 is 5.63 Å². The molecule has 0 atom stereocenters. The molecule has 3 heterocycles. The number of anilines is 2. The van der Waals surface area contributed by atoms with E-state index in [1.54, 1.807) is 6.07 Å². The van der Waals surface area contributed by atoms with Crippen molar-refractivity contribution in [1.29, 1.82) is 0 Å². The lowest BCUT2D eigenvalue weighted by atomic mass is 9.90. The standard InChI is InChI=1S/C17H18N2O3/c1-10(20)18-14-9-12-8-11-4-2-6-19-7-3-5-13(15(11)19)16(12)22-17(14)21/h8-9H,2-7H2,1H3,(H,18,20). The van der Waals surface area contributed by atoms with Gasteiger partial charge in [0, 0.05) is 36.7 Å². The van der Waals surface area contributed by atoms with Gasteiger partial charge in [-0.15, -0.1) is 0 Å². The van der Waals surface area contributed by atoms with E-state index in [1.165, 1.54) is 18.2 Å². The van der Waals surface area contributed by atoms with Crippen LogP contribution in [0.2, 0.25) is 0 Å². The molecule has 0 saturated carbocycles. The van der Waals surface area contributed by atoms with Gasteiger partial charge in [-0.3, -0.25) is 4.79 Å². The van der Waals surface area contributed by atoms with E-state index in [9.17, 15) is 9.59 Å². The molecule has 2 aromatic rings. The molecule has 1 aromatic heterocycles. The second-order valence-electron chi connectivity index (χ2n) is 6.10. The van der Waals surface area contributed by atoms with Gasteiger partial charge < -0.3 is 14.6 Å². The Bertz CT molecular complexity index is 836. The minimum absolute atomic E-state index is 0.218. The van der Waals surface area contributed by atoms with E-state index in [4.69, 9.17) is 4.42 Å². The molecule has 114 valence electrons. The van der Waals surface area contributed by atoms with Crippen LogP contribution in [-0.4, -0.2) is 19.0 Å². The van der Waals surface area contributed by atoms with Crippen LogP contribution in [0.1, 0.15) is 30.9 Å². The maximum Gasteiger partial charge on any atom is 0.360 e. The SMILES string of the molecule is CC(=O)Nc1cc2cc3c4c(c2oc1=O)CCCN4CCC3. The zero-order valence-electron chi connectivity index (χ0n) is 12.6. The van der Waals surface area contributed by atoms with Crippen molar-refractivity contribution in [3.05, 3.63) is 33.7 Å². The first kappa shape index (κ1) is 13.4. The highest BCUT2D eigenvalue weighted by Crippen LogP contribution is 2.39. The van der Waals surface area contributed by atoms with Gasteiger partial charge in [-0.1, -0.05) is 0 Å². The van der Waals surface area contributed by atoms with Crippen molar-refractivity contribution in [1.82, 2.24) is 0 Å². The van der Waals surface area contributed by atoms with Crippen LogP contribution in [0.5, 0.6) is 0 Å². The lowest BCUT2D eigenvalue weighted by Gasteiger charge is -2.37. The van der Waals surface area contributed by atoms with Crippen molar-refractivity contribution < 1.29 is 9.21 Å². The quantitative estimate of drug-likeness (QED) is 0.821. The van der Waals surface area contributed by atoms with Gasteiger partial charge in [-0.05, 0) is 43.4 Å². The Labute approximate surface area is 127 Å². The number of hydrogen-bond donors (Lipinski definition) is 1. The third-order valence-corrected chi connectivity index (χ3v) is 4.53. The Hall–Kier alpha value is -2.30. The van der Waals surface area contributed by atoms with E-state index in [0.717, 1.165) is 49.7 Å². The van der Waals surface area contributed by atoms with Crippen LogP contribution in [0, 0.1) is 0 Å². The molecule has 22 heavy (non-hydrogen) atoms. The lowest BCUT2D eigenvalue weighted by Crippen LogP contribution is -2.34. The fourth-order valence-corrected chi connectivity index (χ4v) is 3.72. The Balaban J connectivity index is 1.98. The highest BCUT2D eigenvalue weighted by atomic mass is 16.4. The summed E-state index contributed by atoms with van der Waals surface area (Å²) in [7, 11) is 0. The zero-order valence-corrected chi connectivity index (χ0v) is 12.6. The van der Waals surface area contributed by atoms with Gasteiger partial charge in [0.2, 0.25) is 5.91 Å². The van der Waals surface area contributed by atoms with Crippen LogP contribution in [0.15, 0.2) is 21.3 Å². The number of carbonyl (C=O) groups is 1. The maximum absolute atomic E-state index is 12.1. The first-order valence-corrected chi connectivity index (χ1v) is 7.78. The number of fused-ring (bicyclic) bond motifs is 2. The molecular weight excluding hydrogens is 280 g/mol. The predicted molar refractivity (Wildman–Crippen MR) is 85.6 cm³/mol. The predicted octanol–water partition coefficient (Wildman–Crippen LogP) is 2.45. The fourth-order valence-electron chi connectivity index (χ4n) is 3.72. The minimum Gasteiger partial charge on any atom is -0.421 e. The summed E-state index contributed by atoms with van der Waals surface area (Å²) in [6.07, 6.45) is 4.25. The molecule has 0 radical (unpaired) electrons. The normalized spacial score (nSPS) is 16.5. The summed E-state index contributed by atoms with van der Waals surface area (Å²) in [6.45, 7) is 3.55. The van der Waals surface area contributed by atoms with Gasteiger partial charge in [0.25, 0.3) is 0 Å². The molecule has 5 heteroatoms. The number of benzene rings is 1. The second-order valence-corrected chi connectivity index (χ2v) is 6.10. The Morgan fingerprint density at radius 2 is 2.00 bits per heavy atom. The molecule has 1 amide bonds.